The molecule has 0 atom stereocenters. The standard InChI is InChI=1S/C13H11ClN2O2/c1-8-11(13(17)18-2)7-15-12(16-8)9-3-5-10(14)6-4-9/h3-7H,1-2H3. The van der Waals surface area contributed by atoms with Crippen molar-refractivity contribution < 1.29 is 9.53 Å². The number of aromatic nitrogens is 2. The van der Waals surface area contributed by atoms with Crippen molar-refractivity contribution in [3.8, 4) is 11.4 Å². The van der Waals surface area contributed by atoms with Gasteiger partial charge in [-0.3, -0.25) is 0 Å². The monoisotopic (exact) mass is 262 g/mol. The molecular weight excluding hydrogens is 252 g/mol. The van der Waals surface area contributed by atoms with Gasteiger partial charge in [-0.15, -0.1) is 0 Å². The number of benzene rings is 1. The van der Waals surface area contributed by atoms with E-state index in [2.05, 4.69) is 14.7 Å². The first-order chi connectivity index (χ1) is 8.61. The van der Waals surface area contributed by atoms with E-state index in [1.54, 1.807) is 19.1 Å². The zero-order chi connectivity index (χ0) is 13.1. The fourth-order valence-electron chi connectivity index (χ4n) is 1.52. The van der Waals surface area contributed by atoms with Gasteiger partial charge in [-0.1, -0.05) is 11.6 Å². The fourth-order valence-corrected chi connectivity index (χ4v) is 1.64. The van der Waals surface area contributed by atoms with Gasteiger partial charge in [0.2, 0.25) is 0 Å². The first-order valence-corrected chi connectivity index (χ1v) is 5.67. The van der Waals surface area contributed by atoms with Gasteiger partial charge in [-0.05, 0) is 31.2 Å². The van der Waals surface area contributed by atoms with E-state index in [0.29, 0.717) is 22.1 Å². The number of carbonyl (C=O) groups excluding carboxylic acids is 1. The molecule has 2 aromatic rings. The van der Waals surface area contributed by atoms with Crippen LogP contribution in [-0.4, -0.2) is 23.0 Å². The maximum absolute atomic E-state index is 11.4. The van der Waals surface area contributed by atoms with Crippen molar-refractivity contribution in [2.45, 2.75) is 6.92 Å². The van der Waals surface area contributed by atoms with Crippen molar-refractivity contribution >= 4 is 17.6 Å². The molecule has 0 bridgehead atoms. The van der Waals surface area contributed by atoms with Crippen molar-refractivity contribution in [1.29, 1.82) is 0 Å². The Morgan fingerprint density at radius 3 is 2.50 bits per heavy atom. The molecule has 0 N–H and O–H groups in total. The van der Waals surface area contributed by atoms with Crippen molar-refractivity contribution in [3.05, 3.63) is 46.7 Å². The van der Waals surface area contributed by atoms with E-state index in [1.165, 1.54) is 13.3 Å². The van der Waals surface area contributed by atoms with Gasteiger partial charge in [0.15, 0.2) is 5.82 Å². The number of esters is 1. The molecule has 0 spiro atoms. The Bertz CT molecular complexity index is 582. The third-order valence-electron chi connectivity index (χ3n) is 2.49. The molecule has 4 nitrogen and oxygen atoms in total. The number of aryl methyl sites for hydroxylation is 1. The predicted molar refractivity (Wildman–Crippen MR) is 68.6 cm³/mol. The fraction of sp³-hybridized carbons (Fsp3) is 0.154. The minimum absolute atomic E-state index is 0.371. The van der Waals surface area contributed by atoms with Crippen LogP contribution in [0, 0.1) is 6.92 Å². The average Bonchev–Trinajstić information content (AvgIpc) is 2.38. The molecule has 0 saturated carbocycles. The van der Waals surface area contributed by atoms with Crippen LogP contribution in [0.4, 0.5) is 0 Å². The number of rotatable bonds is 2. The molecule has 18 heavy (non-hydrogen) atoms. The molecule has 92 valence electrons. The van der Waals surface area contributed by atoms with Gasteiger partial charge in [0.1, 0.15) is 0 Å². The first kappa shape index (κ1) is 12.5. The number of nitrogens with zero attached hydrogens (tertiary/aromatic N) is 2. The molecule has 0 amide bonds. The highest BCUT2D eigenvalue weighted by Crippen LogP contribution is 2.19. The second-order valence-corrected chi connectivity index (χ2v) is 4.13. The lowest BCUT2D eigenvalue weighted by atomic mass is 10.2. The maximum Gasteiger partial charge on any atom is 0.341 e. The van der Waals surface area contributed by atoms with Crippen LogP contribution in [-0.2, 0) is 4.74 Å². The lowest BCUT2D eigenvalue weighted by molar-refractivity contribution is 0.0599. The highest BCUT2D eigenvalue weighted by molar-refractivity contribution is 6.30. The van der Waals surface area contributed by atoms with E-state index in [0.717, 1.165) is 5.56 Å². The molecule has 5 heteroatoms. The quantitative estimate of drug-likeness (QED) is 0.781. The summed E-state index contributed by atoms with van der Waals surface area (Å²) in [4.78, 5) is 19.8. The topological polar surface area (TPSA) is 52.1 Å². The minimum atomic E-state index is -0.435. The summed E-state index contributed by atoms with van der Waals surface area (Å²) < 4.78 is 4.64. The largest absolute Gasteiger partial charge is 0.465 e. The Hall–Kier alpha value is -1.94. The smallest absolute Gasteiger partial charge is 0.341 e. The van der Waals surface area contributed by atoms with Gasteiger partial charge in [0.25, 0.3) is 0 Å². The summed E-state index contributed by atoms with van der Waals surface area (Å²) in [6, 6.07) is 7.19. The molecule has 0 aliphatic heterocycles. The van der Waals surface area contributed by atoms with Gasteiger partial charge < -0.3 is 4.74 Å². The first-order valence-electron chi connectivity index (χ1n) is 5.29. The van der Waals surface area contributed by atoms with Gasteiger partial charge in [0.05, 0.1) is 18.4 Å². The van der Waals surface area contributed by atoms with E-state index in [-0.39, 0.29) is 0 Å². The molecule has 1 heterocycles. The van der Waals surface area contributed by atoms with E-state index < -0.39 is 5.97 Å². The predicted octanol–water partition coefficient (Wildman–Crippen LogP) is 2.89. The highest BCUT2D eigenvalue weighted by Gasteiger charge is 2.12. The number of methoxy groups -OCH3 is 1. The van der Waals surface area contributed by atoms with Crippen LogP contribution in [0.5, 0.6) is 0 Å². The number of ether oxygens (including phenoxy) is 1. The van der Waals surface area contributed by atoms with Crippen LogP contribution in [0.25, 0.3) is 11.4 Å². The zero-order valence-corrected chi connectivity index (χ0v) is 10.7. The zero-order valence-electron chi connectivity index (χ0n) is 9.98. The maximum atomic E-state index is 11.4. The van der Waals surface area contributed by atoms with Crippen LogP contribution < -0.4 is 0 Å². The van der Waals surface area contributed by atoms with E-state index in [4.69, 9.17) is 11.6 Å². The van der Waals surface area contributed by atoms with Crippen LogP contribution in [0.3, 0.4) is 0 Å². The minimum Gasteiger partial charge on any atom is -0.465 e. The van der Waals surface area contributed by atoms with Gasteiger partial charge in [-0.25, -0.2) is 14.8 Å². The summed E-state index contributed by atoms with van der Waals surface area (Å²) in [6.07, 6.45) is 1.47. The van der Waals surface area contributed by atoms with E-state index in [1.807, 2.05) is 12.1 Å². The summed E-state index contributed by atoms with van der Waals surface area (Å²) in [5, 5.41) is 0.654. The van der Waals surface area contributed by atoms with Crippen LogP contribution in [0.15, 0.2) is 30.5 Å². The second kappa shape index (κ2) is 5.14. The van der Waals surface area contributed by atoms with Crippen molar-refractivity contribution in [2.24, 2.45) is 0 Å². The Labute approximate surface area is 110 Å². The van der Waals surface area contributed by atoms with E-state index >= 15 is 0 Å². The third-order valence-corrected chi connectivity index (χ3v) is 2.74. The lowest BCUT2D eigenvalue weighted by Crippen LogP contribution is -2.07. The molecule has 1 aromatic carbocycles. The molecule has 1 aromatic heterocycles. The number of hydrogen-bond donors (Lipinski definition) is 0. The number of carbonyl (C=O) groups is 1. The molecular formula is C13H11ClN2O2. The molecule has 0 saturated heterocycles. The molecule has 0 aliphatic carbocycles. The molecule has 0 aliphatic rings. The summed E-state index contributed by atoms with van der Waals surface area (Å²) in [7, 11) is 1.33. The number of halogens is 1. The van der Waals surface area contributed by atoms with Gasteiger partial charge in [-0.2, -0.15) is 0 Å². The van der Waals surface area contributed by atoms with Gasteiger partial charge >= 0.3 is 5.97 Å². The molecule has 2 rings (SSSR count). The SMILES string of the molecule is COC(=O)c1cnc(-c2ccc(Cl)cc2)nc1C. The summed E-state index contributed by atoms with van der Waals surface area (Å²) in [5.74, 6) is 0.118. The van der Waals surface area contributed by atoms with Crippen molar-refractivity contribution in [1.82, 2.24) is 9.97 Å². The Kier molecular flexibility index (Phi) is 3.58. The third kappa shape index (κ3) is 2.49. The Morgan fingerprint density at radius 2 is 1.94 bits per heavy atom. The second-order valence-electron chi connectivity index (χ2n) is 3.69. The Morgan fingerprint density at radius 1 is 1.28 bits per heavy atom. The molecule has 0 fully saturated rings. The number of hydrogen-bond acceptors (Lipinski definition) is 4. The van der Waals surface area contributed by atoms with Crippen molar-refractivity contribution in [3.63, 3.8) is 0 Å². The normalized spacial score (nSPS) is 10.2. The van der Waals surface area contributed by atoms with Crippen LogP contribution in [0.1, 0.15) is 16.1 Å². The van der Waals surface area contributed by atoms with Gasteiger partial charge in [0, 0.05) is 16.8 Å². The Balaban J connectivity index is 2.40. The van der Waals surface area contributed by atoms with Crippen molar-refractivity contribution in [2.75, 3.05) is 7.11 Å². The summed E-state index contributed by atoms with van der Waals surface area (Å²) in [5.41, 5.74) is 1.80. The molecule has 0 unspecified atom stereocenters. The lowest BCUT2D eigenvalue weighted by Gasteiger charge is -2.05. The molecule has 0 radical (unpaired) electrons. The summed E-state index contributed by atoms with van der Waals surface area (Å²) >= 11 is 5.81. The average molecular weight is 263 g/mol. The highest BCUT2D eigenvalue weighted by atomic mass is 35.5. The summed E-state index contributed by atoms with van der Waals surface area (Å²) in [6.45, 7) is 1.74. The van der Waals surface area contributed by atoms with Crippen LogP contribution >= 0.6 is 11.6 Å². The van der Waals surface area contributed by atoms with E-state index in [9.17, 15) is 4.79 Å². The van der Waals surface area contributed by atoms with Crippen LogP contribution in [0.2, 0.25) is 5.02 Å².